The summed E-state index contributed by atoms with van der Waals surface area (Å²) < 4.78 is 5.28. The number of ether oxygens (including phenoxy) is 1. The van der Waals surface area contributed by atoms with Gasteiger partial charge in [-0.1, -0.05) is 30.3 Å². The zero-order valence-corrected chi connectivity index (χ0v) is 14.0. The summed E-state index contributed by atoms with van der Waals surface area (Å²) in [5, 5.41) is 18.9. The van der Waals surface area contributed by atoms with Crippen LogP contribution < -0.4 is 5.84 Å². The lowest BCUT2D eigenvalue weighted by Gasteiger charge is -2.18. The molecule has 0 spiro atoms. The Morgan fingerprint density at radius 3 is 2.62 bits per heavy atom. The number of benzene rings is 1. The average Bonchev–Trinajstić information content (AvgIpc) is 3.01. The molecule has 1 aliphatic carbocycles. The Bertz CT molecular complexity index is 572. The largest absolute Gasteiger partial charge is 0.445 e. The molecule has 132 valence electrons. The molecule has 1 aromatic carbocycles. The highest BCUT2D eigenvalue weighted by Crippen LogP contribution is 2.30. The first-order valence-electron chi connectivity index (χ1n) is 8.16. The van der Waals surface area contributed by atoms with Crippen molar-refractivity contribution in [2.24, 2.45) is 17.7 Å². The van der Waals surface area contributed by atoms with Gasteiger partial charge in [-0.15, -0.1) is 0 Å². The third-order valence-corrected chi connectivity index (χ3v) is 4.51. The summed E-state index contributed by atoms with van der Waals surface area (Å²) in [4.78, 5) is 14.2. The van der Waals surface area contributed by atoms with Crippen molar-refractivity contribution in [3.63, 3.8) is 0 Å². The molecule has 1 fully saturated rings. The predicted molar refractivity (Wildman–Crippen MR) is 88.4 cm³/mol. The van der Waals surface area contributed by atoms with Crippen LogP contribution >= 0.6 is 0 Å². The van der Waals surface area contributed by atoms with Crippen LogP contribution in [0.5, 0.6) is 0 Å². The Hall–Kier alpha value is -2.28. The minimum absolute atomic E-state index is 0.0327. The molecule has 1 saturated carbocycles. The van der Waals surface area contributed by atoms with Gasteiger partial charge in [0.05, 0.1) is 17.4 Å². The third kappa shape index (κ3) is 4.61. The molecule has 0 heterocycles. The second-order valence-electron chi connectivity index (χ2n) is 6.17. The van der Waals surface area contributed by atoms with Gasteiger partial charge in [-0.05, 0) is 24.8 Å². The van der Waals surface area contributed by atoms with E-state index < -0.39 is 0 Å². The van der Waals surface area contributed by atoms with Crippen molar-refractivity contribution in [1.29, 1.82) is 0 Å². The van der Waals surface area contributed by atoms with Crippen LogP contribution in [0, 0.1) is 11.8 Å². The number of nitrogens with two attached hydrogens (primary N) is 1. The van der Waals surface area contributed by atoms with E-state index in [-0.39, 0.29) is 31.1 Å². The highest BCUT2D eigenvalue weighted by Gasteiger charge is 2.40. The molecule has 1 aliphatic rings. The van der Waals surface area contributed by atoms with Crippen molar-refractivity contribution in [1.82, 2.24) is 4.90 Å². The predicted octanol–water partition coefficient (Wildman–Crippen LogP) is 1.38. The normalized spacial score (nSPS) is 22.2. The van der Waals surface area contributed by atoms with Gasteiger partial charge in [-0.25, -0.2) is 4.79 Å². The van der Waals surface area contributed by atoms with Gasteiger partial charge in [0.25, 0.3) is 0 Å². The topological polar surface area (TPSA) is 99.0 Å². The molecule has 2 unspecified atom stereocenters. The van der Waals surface area contributed by atoms with E-state index in [0.717, 1.165) is 18.4 Å². The molecule has 24 heavy (non-hydrogen) atoms. The SMILES string of the molecule is CN(CCC1CCC(CO)C1=[N+](N)O)C(=O)OCc1ccccc1. The number of hydrogen-bond donors (Lipinski definition) is 3. The van der Waals surface area contributed by atoms with Crippen molar-refractivity contribution in [2.75, 3.05) is 20.2 Å². The van der Waals surface area contributed by atoms with Gasteiger partial charge < -0.3 is 14.7 Å². The molecule has 0 aliphatic heterocycles. The van der Waals surface area contributed by atoms with Crippen molar-refractivity contribution >= 4 is 11.8 Å². The van der Waals surface area contributed by atoms with E-state index in [1.54, 1.807) is 7.05 Å². The number of hydrazone groups is 1. The summed E-state index contributed by atoms with van der Waals surface area (Å²) >= 11 is 0. The highest BCUT2D eigenvalue weighted by atomic mass is 16.6. The summed E-state index contributed by atoms with van der Waals surface area (Å²) in [5.41, 5.74) is 1.58. The van der Waals surface area contributed by atoms with Gasteiger partial charge in [0.2, 0.25) is 5.71 Å². The zero-order chi connectivity index (χ0) is 17.5. The summed E-state index contributed by atoms with van der Waals surface area (Å²) in [7, 11) is 1.69. The van der Waals surface area contributed by atoms with E-state index in [1.165, 1.54) is 4.90 Å². The molecule has 0 aromatic heterocycles. The number of aliphatic hydroxyl groups excluding tert-OH is 1. The molecule has 1 aromatic rings. The molecular weight excluding hydrogens is 310 g/mol. The summed E-state index contributed by atoms with van der Waals surface area (Å²) in [6, 6.07) is 9.51. The minimum atomic E-state index is -0.384. The lowest BCUT2D eigenvalue weighted by molar-refractivity contribution is -0.787. The fraction of sp³-hybridized carbons (Fsp3) is 0.529. The third-order valence-electron chi connectivity index (χ3n) is 4.51. The van der Waals surface area contributed by atoms with Gasteiger partial charge in [0.15, 0.2) is 0 Å². The monoisotopic (exact) mass is 336 g/mol. The van der Waals surface area contributed by atoms with Gasteiger partial charge in [0.1, 0.15) is 6.61 Å². The second kappa shape index (κ2) is 8.54. The van der Waals surface area contributed by atoms with Crippen LogP contribution in [0.15, 0.2) is 30.3 Å². The van der Waals surface area contributed by atoms with E-state index >= 15 is 0 Å². The number of carbonyl (C=O) groups is 1. The van der Waals surface area contributed by atoms with Crippen molar-refractivity contribution in [2.45, 2.75) is 25.9 Å². The van der Waals surface area contributed by atoms with Gasteiger partial charge in [0, 0.05) is 19.5 Å². The van der Waals surface area contributed by atoms with Crippen LogP contribution in [0.4, 0.5) is 4.79 Å². The van der Waals surface area contributed by atoms with Gasteiger partial charge in [-0.2, -0.15) is 5.84 Å². The zero-order valence-electron chi connectivity index (χ0n) is 14.0. The Morgan fingerprint density at radius 1 is 1.33 bits per heavy atom. The number of rotatable bonds is 6. The number of carbonyl (C=O) groups excluding carboxylic acids is 1. The first kappa shape index (κ1) is 18.1. The fourth-order valence-corrected chi connectivity index (χ4v) is 3.15. The molecule has 2 atom stereocenters. The smallest absolute Gasteiger partial charge is 0.409 e. The molecular formula is C17H26N3O4+. The lowest BCUT2D eigenvalue weighted by atomic mass is 9.99. The second-order valence-corrected chi connectivity index (χ2v) is 6.17. The summed E-state index contributed by atoms with van der Waals surface area (Å²) in [6.45, 7) is 0.702. The molecule has 4 N–H and O–H groups in total. The molecule has 7 nitrogen and oxygen atoms in total. The van der Waals surface area contributed by atoms with Crippen LogP contribution in [-0.2, 0) is 11.3 Å². The Morgan fingerprint density at radius 2 is 2.00 bits per heavy atom. The molecule has 0 radical (unpaired) electrons. The van der Waals surface area contributed by atoms with Gasteiger partial charge >= 0.3 is 6.09 Å². The van der Waals surface area contributed by atoms with Crippen molar-refractivity contribution in [3.05, 3.63) is 35.9 Å². The van der Waals surface area contributed by atoms with Crippen molar-refractivity contribution in [3.8, 4) is 0 Å². The average molecular weight is 336 g/mol. The van der Waals surface area contributed by atoms with E-state index in [4.69, 9.17) is 10.6 Å². The van der Waals surface area contributed by atoms with Crippen LogP contribution in [0.25, 0.3) is 0 Å². The number of aliphatic hydroxyl groups is 1. The molecule has 2 rings (SSSR count). The molecule has 7 heteroatoms. The number of amides is 1. The van der Waals surface area contributed by atoms with Gasteiger partial charge in [-0.3, -0.25) is 5.21 Å². The molecule has 1 amide bonds. The maximum Gasteiger partial charge on any atom is 0.409 e. The number of hydrogen-bond acceptors (Lipinski definition) is 5. The quantitative estimate of drug-likeness (QED) is 0.315. The van der Waals surface area contributed by atoms with E-state index in [0.29, 0.717) is 23.5 Å². The highest BCUT2D eigenvalue weighted by molar-refractivity contribution is 5.86. The summed E-state index contributed by atoms with van der Waals surface area (Å²) in [5.74, 6) is 5.41. The van der Waals surface area contributed by atoms with E-state index in [1.807, 2.05) is 30.3 Å². The Kier molecular flexibility index (Phi) is 6.43. The standard InChI is InChI=1S/C17H26N3O4/c1-19(17(22)24-12-13-5-3-2-4-6-13)10-9-14-7-8-15(11-21)16(14)20(18)23/h2-6,14-15,21,23H,7-12,18H2,1H3/q+1. The minimum Gasteiger partial charge on any atom is -0.445 e. The maximum absolute atomic E-state index is 12.0. The fourth-order valence-electron chi connectivity index (χ4n) is 3.15. The molecule has 0 saturated heterocycles. The Labute approximate surface area is 141 Å². The first-order valence-corrected chi connectivity index (χ1v) is 8.16. The Balaban J connectivity index is 1.81. The van der Waals surface area contributed by atoms with Crippen LogP contribution in [0.1, 0.15) is 24.8 Å². The lowest BCUT2D eigenvalue weighted by Crippen LogP contribution is -2.35. The van der Waals surface area contributed by atoms with Crippen LogP contribution in [0.3, 0.4) is 0 Å². The van der Waals surface area contributed by atoms with E-state index in [9.17, 15) is 15.1 Å². The number of hydrazine groups is 1. The number of nitrogens with zero attached hydrogens (tertiary/aromatic N) is 2. The maximum atomic E-state index is 12.0. The van der Waals surface area contributed by atoms with Crippen LogP contribution in [0.2, 0.25) is 0 Å². The van der Waals surface area contributed by atoms with Crippen LogP contribution in [-0.4, -0.2) is 52.1 Å². The summed E-state index contributed by atoms with van der Waals surface area (Å²) in [6.07, 6.45) is 1.90. The van der Waals surface area contributed by atoms with E-state index in [2.05, 4.69) is 0 Å². The first-order chi connectivity index (χ1) is 11.5. The van der Waals surface area contributed by atoms with Crippen molar-refractivity contribution < 1.29 is 24.7 Å². The molecule has 0 bridgehead atoms.